The van der Waals surface area contributed by atoms with E-state index in [1.807, 2.05) is 0 Å². The van der Waals surface area contributed by atoms with Gasteiger partial charge in [0.2, 0.25) is 0 Å². The Kier molecular flexibility index (Phi) is 3.46. The van der Waals surface area contributed by atoms with Crippen molar-refractivity contribution in [3.05, 3.63) is 35.4 Å². The Bertz CT molecular complexity index is 379. The highest BCUT2D eigenvalue weighted by Crippen LogP contribution is 2.18. The molecule has 0 atom stereocenters. The van der Waals surface area contributed by atoms with Crippen LogP contribution in [0.4, 0.5) is 22.0 Å². The summed E-state index contributed by atoms with van der Waals surface area (Å²) in [6.45, 7) is -1.89. The fourth-order valence-corrected chi connectivity index (χ4v) is 0.912. The highest BCUT2D eigenvalue weighted by atomic mass is 19.4. The fraction of sp³-hybridized carbons (Fsp3) is 0.222. The molecule has 0 saturated heterocycles. The molecule has 0 spiro atoms. The number of rotatable bonds is 2. The molecule has 1 aromatic carbocycles. The highest BCUT2D eigenvalue weighted by molar-refractivity contribution is 5.90. The van der Waals surface area contributed by atoms with Crippen molar-refractivity contribution in [1.82, 2.24) is 0 Å². The third kappa shape index (κ3) is 3.18. The average molecular weight is 240 g/mol. The molecule has 0 heterocycles. The number of hydrogen-bond donors (Lipinski definition) is 0. The summed E-state index contributed by atoms with van der Waals surface area (Å²) in [5.41, 5.74) is -1.13. The molecular weight excluding hydrogens is 235 g/mol. The number of carbonyl (C=O) groups is 1. The second-order valence-electron chi connectivity index (χ2n) is 2.79. The van der Waals surface area contributed by atoms with Crippen LogP contribution in [0, 0.1) is 11.6 Å². The van der Waals surface area contributed by atoms with E-state index in [-0.39, 0.29) is 0 Å². The molecule has 16 heavy (non-hydrogen) atoms. The Morgan fingerprint density at radius 1 is 1.19 bits per heavy atom. The van der Waals surface area contributed by atoms with Crippen LogP contribution in [0.25, 0.3) is 0 Å². The maximum Gasteiger partial charge on any atom is 0.422 e. The molecule has 0 aliphatic heterocycles. The average Bonchev–Trinajstić information content (AvgIpc) is 2.13. The van der Waals surface area contributed by atoms with Crippen LogP contribution in [0.3, 0.4) is 0 Å². The normalized spacial score (nSPS) is 11.3. The third-order valence-electron chi connectivity index (χ3n) is 1.53. The first-order chi connectivity index (χ1) is 7.31. The molecule has 2 nitrogen and oxygen atoms in total. The van der Waals surface area contributed by atoms with Crippen LogP contribution in [0.15, 0.2) is 18.2 Å². The summed E-state index contributed by atoms with van der Waals surface area (Å²) in [6.07, 6.45) is -4.74. The van der Waals surface area contributed by atoms with Crippen LogP contribution in [-0.4, -0.2) is 18.8 Å². The highest BCUT2D eigenvalue weighted by Gasteiger charge is 2.31. The summed E-state index contributed by atoms with van der Waals surface area (Å²) in [5, 5.41) is 0. The van der Waals surface area contributed by atoms with E-state index in [1.54, 1.807) is 0 Å². The van der Waals surface area contributed by atoms with Crippen molar-refractivity contribution in [2.45, 2.75) is 6.18 Å². The van der Waals surface area contributed by atoms with Gasteiger partial charge < -0.3 is 4.74 Å². The minimum Gasteiger partial charge on any atom is -0.452 e. The van der Waals surface area contributed by atoms with Crippen LogP contribution in [0.5, 0.6) is 0 Å². The van der Waals surface area contributed by atoms with E-state index in [0.717, 1.165) is 18.2 Å². The van der Waals surface area contributed by atoms with Gasteiger partial charge in [-0.3, -0.25) is 0 Å². The monoisotopic (exact) mass is 240 g/mol. The van der Waals surface area contributed by atoms with Gasteiger partial charge >= 0.3 is 12.1 Å². The lowest BCUT2D eigenvalue weighted by molar-refractivity contribution is -0.161. The molecule has 88 valence electrons. The van der Waals surface area contributed by atoms with Crippen LogP contribution in [-0.2, 0) is 4.74 Å². The zero-order valence-electron chi connectivity index (χ0n) is 7.65. The number of esters is 1. The van der Waals surface area contributed by atoms with Crippen LogP contribution in [0.2, 0.25) is 0 Å². The largest absolute Gasteiger partial charge is 0.452 e. The lowest BCUT2D eigenvalue weighted by Crippen LogP contribution is -2.21. The van der Waals surface area contributed by atoms with E-state index >= 15 is 0 Å². The lowest BCUT2D eigenvalue weighted by atomic mass is 10.2. The van der Waals surface area contributed by atoms with Gasteiger partial charge in [-0.1, -0.05) is 6.07 Å². The molecule has 0 aliphatic carbocycles. The minimum absolute atomic E-state index is 0.743. The topological polar surface area (TPSA) is 26.3 Å². The summed E-state index contributed by atoms with van der Waals surface area (Å²) >= 11 is 0. The molecule has 0 fully saturated rings. The Hall–Kier alpha value is -1.66. The van der Waals surface area contributed by atoms with Gasteiger partial charge in [0.25, 0.3) is 0 Å². The summed E-state index contributed by atoms with van der Waals surface area (Å²) in [4.78, 5) is 10.9. The second-order valence-corrected chi connectivity index (χ2v) is 2.79. The smallest absolute Gasteiger partial charge is 0.422 e. The first kappa shape index (κ1) is 12.4. The lowest BCUT2D eigenvalue weighted by Gasteiger charge is -2.08. The summed E-state index contributed by atoms with van der Waals surface area (Å²) in [7, 11) is 0. The van der Waals surface area contributed by atoms with Gasteiger partial charge in [-0.25, -0.2) is 13.6 Å². The zero-order valence-corrected chi connectivity index (χ0v) is 7.65. The van der Waals surface area contributed by atoms with Gasteiger partial charge in [-0.05, 0) is 12.1 Å². The zero-order chi connectivity index (χ0) is 12.3. The molecule has 0 radical (unpaired) electrons. The third-order valence-corrected chi connectivity index (χ3v) is 1.53. The van der Waals surface area contributed by atoms with Crippen LogP contribution >= 0.6 is 0 Å². The van der Waals surface area contributed by atoms with Crippen molar-refractivity contribution >= 4 is 5.97 Å². The molecular formula is C9H5F5O2. The Balaban J connectivity index is 2.81. The molecule has 0 N–H and O–H groups in total. The molecule has 0 unspecified atom stereocenters. The molecule has 7 heteroatoms. The summed E-state index contributed by atoms with van der Waals surface area (Å²) in [5.74, 6) is -4.23. The number of halogens is 5. The first-order valence-electron chi connectivity index (χ1n) is 3.99. The van der Waals surface area contributed by atoms with Gasteiger partial charge in [-0.2, -0.15) is 13.2 Å². The molecule has 0 bridgehead atoms. The Morgan fingerprint density at radius 3 is 2.12 bits per heavy atom. The first-order valence-corrected chi connectivity index (χ1v) is 3.99. The van der Waals surface area contributed by atoms with E-state index < -0.39 is 36.0 Å². The maximum atomic E-state index is 12.9. The Morgan fingerprint density at radius 2 is 1.69 bits per heavy atom. The van der Waals surface area contributed by atoms with E-state index in [4.69, 9.17) is 0 Å². The second kappa shape index (κ2) is 4.46. The fourth-order valence-electron chi connectivity index (χ4n) is 0.912. The van der Waals surface area contributed by atoms with E-state index in [0.29, 0.717) is 0 Å². The minimum atomic E-state index is -4.74. The Labute approximate surface area is 86.6 Å². The number of alkyl halides is 3. The van der Waals surface area contributed by atoms with Crippen molar-refractivity contribution in [3.8, 4) is 0 Å². The number of benzene rings is 1. The van der Waals surface area contributed by atoms with E-state index in [2.05, 4.69) is 4.74 Å². The number of hydrogen-bond acceptors (Lipinski definition) is 2. The van der Waals surface area contributed by atoms with Crippen LogP contribution < -0.4 is 0 Å². The van der Waals surface area contributed by atoms with Gasteiger partial charge in [0.05, 0.1) is 0 Å². The molecule has 0 amide bonds. The summed E-state index contributed by atoms with van der Waals surface area (Å²) < 4.78 is 64.5. The van der Waals surface area contributed by atoms with Gasteiger partial charge in [-0.15, -0.1) is 0 Å². The van der Waals surface area contributed by atoms with E-state index in [1.165, 1.54) is 0 Å². The van der Waals surface area contributed by atoms with E-state index in [9.17, 15) is 26.7 Å². The standard InChI is InChI=1S/C9H5F5O2/c10-5-2-1-3-6(11)7(5)8(15)16-4-9(12,13)14/h1-3H,4H2. The van der Waals surface area contributed by atoms with Gasteiger partial charge in [0.1, 0.15) is 17.2 Å². The van der Waals surface area contributed by atoms with Gasteiger partial charge in [0.15, 0.2) is 6.61 Å². The predicted molar refractivity (Wildman–Crippen MR) is 42.7 cm³/mol. The van der Waals surface area contributed by atoms with Crippen molar-refractivity contribution in [2.24, 2.45) is 0 Å². The van der Waals surface area contributed by atoms with Crippen molar-refractivity contribution in [3.63, 3.8) is 0 Å². The predicted octanol–water partition coefficient (Wildman–Crippen LogP) is 2.68. The molecule has 0 aromatic heterocycles. The molecule has 1 rings (SSSR count). The number of carbonyl (C=O) groups excluding carboxylic acids is 1. The van der Waals surface area contributed by atoms with Crippen molar-refractivity contribution < 1.29 is 31.5 Å². The van der Waals surface area contributed by atoms with Crippen LogP contribution in [0.1, 0.15) is 10.4 Å². The maximum absolute atomic E-state index is 12.9. The van der Waals surface area contributed by atoms with Gasteiger partial charge in [0, 0.05) is 0 Å². The SMILES string of the molecule is O=C(OCC(F)(F)F)c1c(F)cccc1F. The molecule has 0 aliphatic rings. The summed E-state index contributed by atoms with van der Waals surface area (Å²) in [6, 6.07) is 2.46. The molecule has 0 saturated carbocycles. The van der Waals surface area contributed by atoms with Crippen molar-refractivity contribution in [1.29, 1.82) is 0 Å². The quantitative estimate of drug-likeness (QED) is 0.586. The van der Waals surface area contributed by atoms with Crippen molar-refractivity contribution in [2.75, 3.05) is 6.61 Å². The molecule has 1 aromatic rings. The number of ether oxygens (including phenoxy) is 1.